The molecule has 40 heavy (non-hydrogen) atoms. The van der Waals surface area contributed by atoms with E-state index >= 15 is 0 Å². The van der Waals surface area contributed by atoms with Gasteiger partial charge in [0.15, 0.2) is 0 Å². The Morgan fingerprint density at radius 1 is 1.10 bits per heavy atom. The van der Waals surface area contributed by atoms with Crippen molar-refractivity contribution in [2.75, 3.05) is 6.54 Å². The fourth-order valence-electron chi connectivity index (χ4n) is 6.25. The molecular weight excluding hydrogens is 530 g/mol. The Balaban J connectivity index is 1.26. The van der Waals surface area contributed by atoms with Gasteiger partial charge in [-0.05, 0) is 65.6 Å². The van der Waals surface area contributed by atoms with Gasteiger partial charge in [-0.3, -0.25) is 19.3 Å². The molecule has 210 valence electrons. The largest absolute Gasteiger partial charge is 0.404 e. The van der Waals surface area contributed by atoms with Crippen molar-refractivity contribution in [3.05, 3.63) is 76.9 Å². The zero-order valence-corrected chi connectivity index (χ0v) is 21.6. The quantitative estimate of drug-likeness (QED) is 0.378. The van der Waals surface area contributed by atoms with E-state index in [1.807, 2.05) is 25.4 Å². The van der Waals surface area contributed by atoms with Crippen LogP contribution in [-0.4, -0.2) is 61.6 Å². The lowest BCUT2D eigenvalue weighted by Gasteiger charge is -2.36. The fourth-order valence-corrected chi connectivity index (χ4v) is 6.25. The summed E-state index contributed by atoms with van der Waals surface area (Å²) in [6.45, 7) is -0.950. The number of aromatic nitrogens is 2. The number of nitrogens with zero attached hydrogens (tertiary/aromatic N) is 4. The second kappa shape index (κ2) is 9.41. The summed E-state index contributed by atoms with van der Waals surface area (Å²) in [7, 11) is 1.81. The van der Waals surface area contributed by atoms with Crippen LogP contribution in [0.4, 0.5) is 22.4 Å². The van der Waals surface area contributed by atoms with Crippen LogP contribution in [0.2, 0.25) is 0 Å². The van der Waals surface area contributed by atoms with Crippen molar-refractivity contribution in [3.63, 3.8) is 0 Å². The number of carbonyl (C=O) groups excluding carboxylic acids is 2. The van der Waals surface area contributed by atoms with Gasteiger partial charge in [-0.1, -0.05) is 24.3 Å². The van der Waals surface area contributed by atoms with Crippen molar-refractivity contribution in [1.82, 2.24) is 24.9 Å². The van der Waals surface area contributed by atoms with Gasteiger partial charge in [-0.2, -0.15) is 18.3 Å². The predicted molar refractivity (Wildman–Crippen MR) is 135 cm³/mol. The molecule has 1 aromatic heterocycles. The van der Waals surface area contributed by atoms with E-state index in [9.17, 15) is 32.3 Å². The summed E-state index contributed by atoms with van der Waals surface area (Å²) >= 11 is 0. The number of hydrogen-bond acceptors (Lipinski definition) is 5. The SMILES string of the molecule is Cn1cc(-c2ccc3c(c2)CCC32NC(=O)N(CC(O)N3Cc4ccc(F)cc4CC[C@H]3C(F)(F)F)C2=O)cn1. The van der Waals surface area contributed by atoms with Crippen molar-refractivity contribution >= 4 is 11.9 Å². The molecule has 3 aromatic rings. The molecule has 3 atom stereocenters. The van der Waals surface area contributed by atoms with Crippen molar-refractivity contribution in [2.24, 2.45) is 7.05 Å². The highest BCUT2D eigenvalue weighted by Crippen LogP contribution is 2.43. The first-order chi connectivity index (χ1) is 19.0. The Kier molecular flexibility index (Phi) is 6.22. The van der Waals surface area contributed by atoms with Crippen molar-refractivity contribution < 1.29 is 32.3 Å². The number of imide groups is 1. The number of carbonyl (C=O) groups is 2. The summed E-state index contributed by atoms with van der Waals surface area (Å²) in [6, 6.07) is 6.54. The molecule has 1 aliphatic carbocycles. The van der Waals surface area contributed by atoms with Crippen LogP contribution >= 0.6 is 0 Å². The third-order valence-electron chi connectivity index (χ3n) is 8.26. The smallest absolute Gasteiger partial charge is 0.376 e. The molecule has 2 aromatic carbocycles. The molecule has 1 saturated heterocycles. The number of nitrogens with one attached hydrogen (secondary N) is 1. The van der Waals surface area contributed by atoms with Crippen molar-refractivity contribution in [1.29, 1.82) is 0 Å². The molecule has 2 N–H and O–H groups in total. The maximum absolute atomic E-state index is 14.1. The number of β-amino-alcohol motifs (C(OH)–C–C–N with tert-alkyl or cyclic N) is 1. The van der Waals surface area contributed by atoms with Crippen LogP contribution < -0.4 is 5.32 Å². The van der Waals surface area contributed by atoms with Gasteiger partial charge in [0, 0.05) is 25.4 Å². The molecule has 3 heterocycles. The highest BCUT2D eigenvalue weighted by Gasteiger charge is 2.56. The molecule has 2 aliphatic heterocycles. The highest BCUT2D eigenvalue weighted by molar-refractivity contribution is 6.08. The molecule has 1 fully saturated rings. The predicted octanol–water partition coefficient (Wildman–Crippen LogP) is 3.62. The molecule has 0 saturated carbocycles. The number of hydrogen-bond donors (Lipinski definition) is 2. The lowest BCUT2D eigenvalue weighted by atomic mass is 9.90. The molecule has 3 aliphatic rings. The third-order valence-corrected chi connectivity index (χ3v) is 8.26. The van der Waals surface area contributed by atoms with E-state index in [-0.39, 0.29) is 13.0 Å². The lowest BCUT2D eigenvalue weighted by molar-refractivity contribution is -0.210. The summed E-state index contributed by atoms with van der Waals surface area (Å²) in [5.41, 5.74) is 2.87. The van der Waals surface area contributed by atoms with Crippen LogP contribution in [0.25, 0.3) is 11.1 Å². The van der Waals surface area contributed by atoms with Crippen LogP contribution in [0, 0.1) is 5.82 Å². The molecular formula is C28H27F4N5O3. The van der Waals surface area contributed by atoms with Crippen LogP contribution in [-0.2, 0) is 36.8 Å². The number of amides is 3. The Labute approximate surface area is 227 Å². The topological polar surface area (TPSA) is 90.7 Å². The summed E-state index contributed by atoms with van der Waals surface area (Å²) < 4.78 is 57.6. The minimum atomic E-state index is -4.68. The Morgan fingerprint density at radius 3 is 2.62 bits per heavy atom. The van der Waals surface area contributed by atoms with Gasteiger partial charge in [0.2, 0.25) is 0 Å². The monoisotopic (exact) mass is 557 g/mol. The zero-order chi connectivity index (χ0) is 28.4. The minimum Gasteiger partial charge on any atom is -0.376 e. The van der Waals surface area contributed by atoms with E-state index in [0.29, 0.717) is 29.5 Å². The normalized spacial score (nSPS) is 23.8. The van der Waals surface area contributed by atoms with Crippen LogP contribution in [0.5, 0.6) is 0 Å². The van der Waals surface area contributed by atoms with Crippen LogP contribution in [0.3, 0.4) is 0 Å². The zero-order valence-electron chi connectivity index (χ0n) is 21.6. The maximum atomic E-state index is 14.1. The van der Waals surface area contributed by atoms with Crippen LogP contribution in [0.1, 0.15) is 35.1 Å². The van der Waals surface area contributed by atoms with E-state index in [0.717, 1.165) is 32.6 Å². The van der Waals surface area contributed by atoms with Gasteiger partial charge in [-0.25, -0.2) is 9.18 Å². The first-order valence-electron chi connectivity index (χ1n) is 13.0. The molecule has 0 bridgehead atoms. The summed E-state index contributed by atoms with van der Waals surface area (Å²) in [4.78, 5) is 28.4. The Bertz CT molecular complexity index is 1510. The van der Waals surface area contributed by atoms with Gasteiger partial charge in [0.05, 0.1) is 12.7 Å². The van der Waals surface area contributed by atoms with E-state index in [4.69, 9.17) is 0 Å². The molecule has 3 amide bonds. The number of aryl methyl sites for hydroxylation is 3. The Morgan fingerprint density at radius 2 is 1.90 bits per heavy atom. The number of halogens is 4. The minimum absolute atomic E-state index is 0.0233. The van der Waals surface area contributed by atoms with Gasteiger partial charge < -0.3 is 10.4 Å². The molecule has 0 radical (unpaired) electrons. The van der Waals surface area contributed by atoms with E-state index in [1.165, 1.54) is 12.1 Å². The third kappa shape index (κ3) is 4.35. The number of aliphatic hydroxyl groups is 1. The van der Waals surface area contributed by atoms with Gasteiger partial charge in [0.1, 0.15) is 23.6 Å². The summed E-state index contributed by atoms with van der Waals surface area (Å²) in [5, 5.41) is 18.0. The molecule has 8 nitrogen and oxygen atoms in total. The maximum Gasteiger partial charge on any atom is 0.404 e. The van der Waals surface area contributed by atoms with Gasteiger partial charge >= 0.3 is 12.2 Å². The highest BCUT2D eigenvalue weighted by atomic mass is 19.4. The number of aliphatic hydroxyl groups excluding tert-OH is 1. The average Bonchev–Trinajstić information content (AvgIpc) is 3.51. The number of urea groups is 1. The van der Waals surface area contributed by atoms with Gasteiger partial charge in [-0.15, -0.1) is 0 Å². The fraction of sp³-hybridized carbons (Fsp3) is 0.393. The summed E-state index contributed by atoms with van der Waals surface area (Å²) in [6.07, 6.45) is -2.49. The van der Waals surface area contributed by atoms with Gasteiger partial charge in [0.25, 0.3) is 5.91 Å². The first kappa shape index (κ1) is 26.5. The molecule has 12 heteroatoms. The Hall–Kier alpha value is -3.77. The second-order valence-corrected chi connectivity index (χ2v) is 10.7. The molecule has 2 unspecified atom stereocenters. The number of benzene rings is 2. The first-order valence-corrected chi connectivity index (χ1v) is 13.0. The second-order valence-electron chi connectivity index (χ2n) is 10.7. The average molecular weight is 558 g/mol. The molecule has 6 rings (SSSR count). The van der Waals surface area contributed by atoms with E-state index < -0.39 is 54.7 Å². The van der Waals surface area contributed by atoms with Crippen LogP contribution in [0.15, 0.2) is 48.8 Å². The van der Waals surface area contributed by atoms with E-state index in [2.05, 4.69) is 10.4 Å². The number of alkyl halides is 3. The van der Waals surface area contributed by atoms with E-state index in [1.54, 1.807) is 16.9 Å². The summed E-state index contributed by atoms with van der Waals surface area (Å²) in [5.74, 6) is -1.16. The van der Waals surface area contributed by atoms with Crippen molar-refractivity contribution in [2.45, 2.75) is 56.2 Å². The number of fused-ring (bicyclic) bond motifs is 3. The lowest BCUT2D eigenvalue weighted by Crippen LogP contribution is -2.54. The standard InChI is InChI=1S/C28H27F4N5O3/c1-35-13-20(12-33-35)16-3-6-22-18(10-16)8-9-27(22)25(39)37(26(40)34-27)15-24(38)36-14-19-2-5-21(29)11-17(19)4-7-23(36)28(30,31)32/h2-3,5-6,10-13,23-24,38H,4,7-9,14-15H2,1H3,(H,34,40)/t23-,24?,27?/m0/s1. The molecule has 1 spiro atoms. The number of rotatable bonds is 4. The van der Waals surface area contributed by atoms with Crippen molar-refractivity contribution in [3.8, 4) is 11.1 Å².